The molecule has 8 nitrogen and oxygen atoms in total. The van der Waals surface area contributed by atoms with Crippen LogP contribution < -0.4 is 10.5 Å². The molecule has 0 spiro atoms. The third-order valence-electron chi connectivity index (χ3n) is 6.19. The fourth-order valence-corrected chi connectivity index (χ4v) is 4.94. The first kappa shape index (κ1) is 34.2. The van der Waals surface area contributed by atoms with Crippen molar-refractivity contribution in [3.05, 3.63) is 129 Å². The van der Waals surface area contributed by atoms with Crippen molar-refractivity contribution in [1.82, 2.24) is 14.5 Å². The molecule has 0 radical (unpaired) electrons. The van der Waals surface area contributed by atoms with Crippen LogP contribution in [0.2, 0.25) is 10.0 Å². The Labute approximate surface area is 270 Å². The van der Waals surface area contributed by atoms with Crippen molar-refractivity contribution in [2.24, 2.45) is 5.73 Å². The van der Waals surface area contributed by atoms with E-state index in [9.17, 15) is 35.6 Å². The van der Waals surface area contributed by atoms with Gasteiger partial charge in [-0.1, -0.05) is 59.6 Å². The number of nitrogens with one attached hydrogen (secondary N) is 1. The lowest BCUT2D eigenvalue weighted by Gasteiger charge is -2.10. The number of benzene rings is 4. The summed E-state index contributed by atoms with van der Waals surface area (Å²) in [5.41, 5.74) is 5.51. The lowest BCUT2D eigenvalue weighted by Crippen LogP contribution is -2.30. The van der Waals surface area contributed by atoms with Crippen LogP contribution in [-0.2, 0) is 16.2 Å². The van der Waals surface area contributed by atoms with Crippen LogP contribution in [0.3, 0.4) is 0 Å². The first-order valence-corrected chi connectivity index (χ1v) is 15.6. The third kappa shape index (κ3) is 8.50. The number of carbonyl (C=O) groups is 2. The fourth-order valence-electron chi connectivity index (χ4n) is 4.08. The summed E-state index contributed by atoms with van der Waals surface area (Å²) in [5, 5.41) is 5.26. The second-order valence-corrected chi connectivity index (χ2v) is 12.2. The first-order valence-electron chi connectivity index (χ1n) is 12.9. The van der Waals surface area contributed by atoms with Crippen LogP contribution in [-0.4, -0.2) is 36.3 Å². The van der Waals surface area contributed by atoms with E-state index in [1.807, 2.05) is 6.07 Å². The van der Waals surface area contributed by atoms with Crippen molar-refractivity contribution in [1.29, 1.82) is 0 Å². The van der Waals surface area contributed by atoms with Gasteiger partial charge in [0.15, 0.2) is 0 Å². The second kappa shape index (κ2) is 13.7. The number of carbonyl (C=O) groups excluding carboxylic acids is 2. The maximum Gasteiger partial charge on any atom is 0.416 e. The van der Waals surface area contributed by atoms with Crippen molar-refractivity contribution >= 4 is 68.1 Å². The molecule has 0 saturated carbocycles. The average molecular weight is 694 g/mol. The first-order chi connectivity index (χ1) is 21.5. The molecule has 5 rings (SSSR count). The number of primary amides is 1. The highest BCUT2D eigenvalue weighted by Gasteiger charge is 2.29. The van der Waals surface area contributed by atoms with Crippen LogP contribution >= 0.6 is 23.2 Å². The molecule has 0 aliphatic carbocycles. The quantitative estimate of drug-likeness (QED) is 0.183. The number of amides is 2. The smallest absolute Gasteiger partial charge is 0.366 e. The van der Waals surface area contributed by atoms with Crippen molar-refractivity contribution in [2.75, 3.05) is 6.26 Å². The van der Waals surface area contributed by atoms with Gasteiger partial charge in [-0.25, -0.2) is 22.2 Å². The summed E-state index contributed by atoms with van der Waals surface area (Å²) in [4.78, 5) is 22.6. The van der Waals surface area contributed by atoms with Gasteiger partial charge in [0.05, 0.1) is 39.3 Å². The molecule has 46 heavy (non-hydrogen) atoms. The van der Waals surface area contributed by atoms with Crippen molar-refractivity contribution < 1.29 is 35.6 Å². The number of hydrogen-bond acceptors (Lipinski definition) is 5. The highest BCUT2D eigenvalue weighted by Crippen LogP contribution is 2.32. The van der Waals surface area contributed by atoms with Crippen LogP contribution in [0.25, 0.3) is 28.7 Å². The summed E-state index contributed by atoms with van der Waals surface area (Å²) in [5.74, 6) is -2.61. The number of alkyl halides is 3. The number of hydrogen-bond donors (Lipinski definition) is 2. The molecule has 1 aromatic heterocycles. The van der Waals surface area contributed by atoms with E-state index in [4.69, 9.17) is 28.9 Å². The molecule has 0 unspecified atom stereocenters. The standard InChI is InChI=1S/C24H15Cl2F4N3O3S.C7H7NO/c1-37(35,36)32-23(34)16-11-18(26)22(12-19(16)27)33-21-9-7-15(25)10-17(21)20(31-33)8-4-13-2-5-14(6-3-13)24(28,29)30;8-7(9)6-4-2-1-3-5-6/h2-12H,1H3,(H,32,34);1-5H,(H2,8,9)/b8-4+;. The Morgan fingerprint density at radius 3 is 2.15 bits per heavy atom. The van der Waals surface area contributed by atoms with Crippen molar-refractivity contribution in [3.63, 3.8) is 0 Å². The Hall–Kier alpha value is -4.72. The molecule has 0 fully saturated rings. The number of halogens is 6. The zero-order chi connectivity index (χ0) is 33.8. The Balaban J connectivity index is 0.000000459. The number of aromatic nitrogens is 2. The molecule has 4 aromatic carbocycles. The van der Waals surface area contributed by atoms with Gasteiger partial charge in [0.2, 0.25) is 15.9 Å². The molecule has 5 aromatic rings. The van der Waals surface area contributed by atoms with Gasteiger partial charge in [-0.15, -0.1) is 0 Å². The summed E-state index contributed by atoms with van der Waals surface area (Å²) in [7, 11) is -3.93. The van der Waals surface area contributed by atoms with Crippen molar-refractivity contribution in [2.45, 2.75) is 6.18 Å². The van der Waals surface area contributed by atoms with E-state index in [0.29, 0.717) is 32.7 Å². The fraction of sp³-hybridized carbons (Fsp3) is 0.0645. The number of sulfonamides is 1. The maximum atomic E-state index is 14.8. The summed E-state index contributed by atoms with van der Waals surface area (Å²) in [6.07, 6.45) is -0.604. The normalized spacial score (nSPS) is 11.7. The minimum Gasteiger partial charge on any atom is -0.366 e. The van der Waals surface area contributed by atoms with Crippen LogP contribution in [0.5, 0.6) is 0 Å². The van der Waals surface area contributed by atoms with Crippen LogP contribution in [0, 0.1) is 5.82 Å². The van der Waals surface area contributed by atoms with Gasteiger partial charge >= 0.3 is 6.18 Å². The van der Waals surface area contributed by atoms with Gasteiger partial charge in [0, 0.05) is 22.0 Å². The topological polar surface area (TPSA) is 124 Å². The Morgan fingerprint density at radius 1 is 0.935 bits per heavy atom. The molecule has 0 bridgehead atoms. The highest BCUT2D eigenvalue weighted by atomic mass is 35.5. The molecule has 238 valence electrons. The highest BCUT2D eigenvalue weighted by molar-refractivity contribution is 7.89. The summed E-state index contributed by atoms with van der Waals surface area (Å²) < 4.78 is 78.9. The summed E-state index contributed by atoms with van der Waals surface area (Å²) >= 11 is 12.5. The van der Waals surface area contributed by atoms with Gasteiger partial charge in [-0.2, -0.15) is 18.3 Å². The number of nitrogens with two attached hydrogens (primary N) is 1. The molecule has 15 heteroatoms. The van der Waals surface area contributed by atoms with Gasteiger partial charge in [-0.3, -0.25) is 9.59 Å². The largest absolute Gasteiger partial charge is 0.416 e. The molecule has 0 atom stereocenters. The summed E-state index contributed by atoms with van der Waals surface area (Å²) in [6, 6.07) is 20.0. The maximum absolute atomic E-state index is 14.8. The van der Waals surface area contributed by atoms with E-state index in [1.165, 1.54) is 16.8 Å². The minimum absolute atomic E-state index is 0.0524. The van der Waals surface area contributed by atoms with E-state index < -0.39 is 39.1 Å². The van der Waals surface area contributed by atoms with Crippen molar-refractivity contribution in [3.8, 4) is 5.69 Å². The van der Waals surface area contributed by atoms with Gasteiger partial charge in [-0.05, 0) is 60.2 Å². The van der Waals surface area contributed by atoms with Gasteiger partial charge < -0.3 is 5.73 Å². The number of nitrogens with zero attached hydrogens (tertiary/aromatic N) is 2. The minimum atomic E-state index is -4.45. The lowest BCUT2D eigenvalue weighted by molar-refractivity contribution is -0.137. The summed E-state index contributed by atoms with van der Waals surface area (Å²) in [6.45, 7) is 0. The average Bonchev–Trinajstić information content (AvgIpc) is 3.34. The lowest BCUT2D eigenvalue weighted by atomic mass is 10.1. The van der Waals surface area contributed by atoms with E-state index in [2.05, 4.69) is 5.10 Å². The van der Waals surface area contributed by atoms with Crippen LogP contribution in [0.1, 0.15) is 37.5 Å². The van der Waals surface area contributed by atoms with Gasteiger partial charge in [0.25, 0.3) is 5.91 Å². The number of fused-ring (bicyclic) bond motifs is 1. The molecule has 0 aliphatic heterocycles. The molecule has 3 N–H and O–H groups in total. The Morgan fingerprint density at radius 2 is 1.59 bits per heavy atom. The predicted molar refractivity (Wildman–Crippen MR) is 169 cm³/mol. The molecule has 0 saturated heterocycles. The molecular weight excluding hydrogens is 671 g/mol. The Kier molecular flexibility index (Phi) is 10.2. The van der Waals surface area contributed by atoms with E-state index in [1.54, 1.807) is 59.3 Å². The number of rotatable bonds is 6. The van der Waals surface area contributed by atoms with E-state index >= 15 is 0 Å². The van der Waals surface area contributed by atoms with Crippen LogP contribution in [0.4, 0.5) is 17.6 Å². The second-order valence-electron chi connectivity index (χ2n) is 9.63. The monoisotopic (exact) mass is 692 g/mol. The zero-order valence-electron chi connectivity index (χ0n) is 23.5. The Bertz CT molecular complexity index is 2070. The van der Waals surface area contributed by atoms with E-state index in [0.717, 1.165) is 30.5 Å². The molecular formula is C31H22Cl2F4N4O4S. The predicted octanol–water partition coefficient (Wildman–Crippen LogP) is 7.14. The molecule has 2 amide bonds. The SMILES string of the molecule is CS(=O)(=O)NC(=O)c1cc(Cl)c(-n2nc(/C=C/c3ccc(C(F)(F)F)cc3)c3cc(Cl)ccc32)cc1F.NC(=O)c1ccccc1. The molecule has 1 heterocycles. The van der Waals surface area contributed by atoms with E-state index in [-0.39, 0.29) is 16.6 Å². The van der Waals surface area contributed by atoms with Crippen LogP contribution in [0.15, 0.2) is 84.9 Å². The molecule has 0 aliphatic rings. The zero-order valence-corrected chi connectivity index (χ0v) is 25.8. The van der Waals surface area contributed by atoms with Gasteiger partial charge in [0.1, 0.15) is 5.82 Å². The third-order valence-corrected chi connectivity index (χ3v) is 7.28.